The summed E-state index contributed by atoms with van der Waals surface area (Å²) in [7, 11) is 0. The minimum absolute atomic E-state index is 1.22. The van der Waals surface area contributed by atoms with Gasteiger partial charge in [0, 0.05) is 5.56 Å². The van der Waals surface area contributed by atoms with E-state index >= 15 is 0 Å². The third-order valence-corrected chi connectivity index (χ3v) is 1.90. The van der Waals surface area contributed by atoms with Gasteiger partial charge in [-0.25, -0.2) is 0 Å². The topological polar surface area (TPSA) is 4.44 Å². The molecule has 0 amide bonds. The van der Waals surface area contributed by atoms with E-state index in [9.17, 15) is 0 Å². The molecule has 0 bridgehead atoms. The maximum absolute atomic E-state index is 2.20. The van der Waals surface area contributed by atoms with Gasteiger partial charge in [-0.15, -0.1) is 0 Å². The van der Waals surface area contributed by atoms with Crippen molar-refractivity contribution in [3.63, 3.8) is 0 Å². The zero-order valence-corrected chi connectivity index (χ0v) is 6.01. The molecule has 1 fully saturated rings. The molecular formula is C9H12N+. The summed E-state index contributed by atoms with van der Waals surface area (Å²) in [4.78, 5) is 1.71. The molecule has 1 heteroatoms. The molecule has 0 atom stereocenters. The summed E-state index contributed by atoms with van der Waals surface area (Å²) in [5.41, 5.74) is 1.47. The van der Waals surface area contributed by atoms with Gasteiger partial charge < -0.3 is 4.90 Å². The Labute approximate surface area is 61.3 Å². The first kappa shape index (κ1) is 5.93. The Kier molecular flexibility index (Phi) is 1.44. The smallest absolute Gasteiger partial charge is 0.127 e. The van der Waals surface area contributed by atoms with Gasteiger partial charge in [-0.05, 0) is 0 Å². The number of hydrogen-bond donors (Lipinski definition) is 1. The zero-order valence-electron chi connectivity index (χ0n) is 6.01. The lowest BCUT2D eigenvalue weighted by molar-refractivity contribution is -0.774. The highest BCUT2D eigenvalue weighted by molar-refractivity contribution is 5.13. The zero-order chi connectivity index (χ0) is 6.81. The minimum atomic E-state index is 1.22. The van der Waals surface area contributed by atoms with Crippen molar-refractivity contribution < 1.29 is 4.90 Å². The fourth-order valence-corrected chi connectivity index (χ4v) is 1.15. The van der Waals surface area contributed by atoms with Crippen molar-refractivity contribution in [1.29, 1.82) is 0 Å². The molecule has 1 aliphatic rings. The third-order valence-electron chi connectivity index (χ3n) is 1.90. The summed E-state index contributed by atoms with van der Waals surface area (Å²) >= 11 is 0. The molecule has 0 radical (unpaired) electrons. The molecule has 0 saturated carbocycles. The van der Waals surface area contributed by atoms with Gasteiger partial charge in [0.15, 0.2) is 0 Å². The molecule has 0 unspecified atom stereocenters. The number of quaternary nitrogens is 1. The van der Waals surface area contributed by atoms with Crippen LogP contribution in [0.25, 0.3) is 0 Å². The molecule has 0 aromatic heterocycles. The average Bonchev–Trinajstić information content (AvgIpc) is 2.74. The van der Waals surface area contributed by atoms with Gasteiger partial charge in [0.1, 0.15) is 19.6 Å². The van der Waals surface area contributed by atoms with Crippen molar-refractivity contribution in [2.45, 2.75) is 6.54 Å². The SMILES string of the molecule is c1ccc(C[NH+]2CC2)cc1. The lowest BCUT2D eigenvalue weighted by Gasteiger charge is -1.95. The third kappa shape index (κ3) is 1.36. The highest BCUT2D eigenvalue weighted by Crippen LogP contribution is 1.95. The van der Waals surface area contributed by atoms with Crippen LogP contribution in [0, 0.1) is 0 Å². The van der Waals surface area contributed by atoms with Crippen molar-refractivity contribution in [2.75, 3.05) is 13.1 Å². The van der Waals surface area contributed by atoms with E-state index in [-0.39, 0.29) is 0 Å². The van der Waals surface area contributed by atoms with E-state index in [1.54, 1.807) is 4.90 Å². The van der Waals surface area contributed by atoms with Crippen LogP contribution in [0.2, 0.25) is 0 Å². The molecule has 1 heterocycles. The first-order chi connectivity index (χ1) is 4.95. The minimum Gasteiger partial charge on any atom is -0.322 e. The number of hydrogen-bond acceptors (Lipinski definition) is 0. The van der Waals surface area contributed by atoms with Gasteiger partial charge in [-0.3, -0.25) is 0 Å². The van der Waals surface area contributed by atoms with E-state index in [1.807, 2.05) is 0 Å². The van der Waals surface area contributed by atoms with Gasteiger partial charge >= 0.3 is 0 Å². The summed E-state index contributed by atoms with van der Waals surface area (Å²) in [6, 6.07) is 10.7. The normalized spacial score (nSPS) is 17.2. The quantitative estimate of drug-likeness (QED) is 0.547. The Hall–Kier alpha value is -0.820. The van der Waals surface area contributed by atoms with Crippen molar-refractivity contribution in [3.8, 4) is 0 Å². The molecular weight excluding hydrogens is 122 g/mol. The van der Waals surface area contributed by atoms with Crippen LogP contribution >= 0.6 is 0 Å². The second-order valence-corrected chi connectivity index (χ2v) is 2.91. The Morgan fingerprint density at radius 3 is 2.40 bits per heavy atom. The fraction of sp³-hybridized carbons (Fsp3) is 0.333. The second-order valence-electron chi connectivity index (χ2n) is 2.91. The number of benzene rings is 1. The standard InChI is InChI=1S/C9H11N/c1-2-4-9(5-3-1)8-10-6-7-10/h1-5H,6-8H2/p+1. The Bertz CT molecular complexity index is 201. The first-order valence-corrected chi connectivity index (χ1v) is 3.82. The molecule has 0 spiro atoms. The Morgan fingerprint density at radius 1 is 1.10 bits per heavy atom. The van der Waals surface area contributed by atoms with E-state index in [0.29, 0.717) is 0 Å². The first-order valence-electron chi connectivity index (χ1n) is 3.82. The molecule has 1 aliphatic heterocycles. The van der Waals surface area contributed by atoms with Crippen LogP contribution in [0.3, 0.4) is 0 Å². The van der Waals surface area contributed by atoms with Gasteiger partial charge in [0.2, 0.25) is 0 Å². The van der Waals surface area contributed by atoms with Crippen molar-refractivity contribution in [1.82, 2.24) is 0 Å². The average molecular weight is 134 g/mol. The number of rotatable bonds is 2. The molecule has 1 nitrogen and oxygen atoms in total. The second kappa shape index (κ2) is 2.43. The summed E-state index contributed by atoms with van der Waals surface area (Å²) in [5.74, 6) is 0. The van der Waals surface area contributed by atoms with Crippen LogP contribution in [-0.2, 0) is 6.54 Å². The highest BCUT2D eigenvalue weighted by Gasteiger charge is 2.22. The van der Waals surface area contributed by atoms with E-state index in [4.69, 9.17) is 0 Å². The monoisotopic (exact) mass is 134 g/mol. The number of nitrogens with one attached hydrogen (secondary N) is 1. The Balaban J connectivity index is 2.03. The van der Waals surface area contributed by atoms with Crippen LogP contribution in [0.15, 0.2) is 30.3 Å². The maximum Gasteiger partial charge on any atom is 0.127 e. The summed E-state index contributed by atoms with van der Waals surface area (Å²) in [5, 5.41) is 0. The van der Waals surface area contributed by atoms with Crippen LogP contribution < -0.4 is 4.90 Å². The predicted octanol–water partition coefficient (Wildman–Crippen LogP) is 0.0851. The molecule has 10 heavy (non-hydrogen) atoms. The van der Waals surface area contributed by atoms with Crippen molar-refractivity contribution in [3.05, 3.63) is 35.9 Å². The maximum atomic E-state index is 2.20. The van der Waals surface area contributed by atoms with Crippen LogP contribution in [0.4, 0.5) is 0 Å². The summed E-state index contributed by atoms with van der Waals surface area (Å²) in [6.45, 7) is 3.96. The largest absolute Gasteiger partial charge is 0.322 e. The molecule has 1 aromatic carbocycles. The van der Waals surface area contributed by atoms with E-state index < -0.39 is 0 Å². The predicted molar refractivity (Wildman–Crippen MR) is 40.8 cm³/mol. The van der Waals surface area contributed by atoms with E-state index in [2.05, 4.69) is 30.3 Å². The fourth-order valence-electron chi connectivity index (χ4n) is 1.15. The lowest BCUT2D eigenvalue weighted by atomic mass is 10.2. The summed E-state index contributed by atoms with van der Waals surface area (Å²) < 4.78 is 0. The van der Waals surface area contributed by atoms with Gasteiger partial charge in [0.05, 0.1) is 0 Å². The summed E-state index contributed by atoms with van der Waals surface area (Å²) in [6.07, 6.45) is 0. The molecule has 0 aliphatic carbocycles. The molecule has 52 valence electrons. The van der Waals surface area contributed by atoms with E-state index in [1.165, 1.54) is 25.2 Å². The molecule has 1 N–H and O–H groups in total. The van der Waals surface area contributed by atoms with Gasteiger partial charge in [-0.1, -0.05) is 30.3 Å². The highest BCUT2D eigenvalue weighted by atomic mass is 15.2. The van der Waals surface area contributed by atoms with Crippen molar-refractivity contribution >= 4 is 0 Å². The lowest BCUT2D eigenvalue weighted by Crippen LogP contribution is -2.90. The Morgan fingerprint density at radius 2 is 1.80 bits per heavy atom. The van der Waals surface area contributed by atoms with E-state index in [0.717, 1.165) is 0 Å². The molecule has 1 aromatic rings. The van der Waals surface area contributed by atoms with Gasteiger partial charge in [-0.2, -0.15) is 0 Å². The van der Waals surface area contributed by atoms with Gasteiger partial charge in [0.25, 0.3) is 0 Å². The molecule has 1 saturated heterocycles. The van der Waals surface area contributed by atoms with Crippen LogP contribution in [-0.4, -0.2) is 13.1 Å². The van der Waals surface area contributed by atoms with Crippen LogP contribution in [0.5, 0.6) is 0 Å². The molecule has 2 rings (SSSR count). The van der Waals surface area contributed by atoms with Crippen LogP contribution in [0.1, 0.15) is 5.56 Å². The van der Waals surface area contributed by atoms with Crippen molar-refractivity contribution in [2.24, 2.45) is 0 Å².